The second-order valence-corrected chi connectivity index (χ2v) is 7.13. The molecular formula is C16H26BrN3. The van der Waals surface area contributed by atoms with E-state index in [2.05, 4.69) is 64.2 Å². The van der Waals surface area contributed by atoms with E-state index in [1.54, 1.807) is 0 Å². The van der Waals surface area contributed by atoms with E-state index in [1.165, 1.54) is 32.4 Å². The molecule has 1 aromatic heterocycles. The van der Waals surface area contributed by atoms with Crippen LogP contribution in [0.3, 0.4) is 0 Å². The third kappa shape index (κ3) is 3.80. The molecule has 1 N–H and O–H groups in total. The van der Waals surface area contributed by atoms with Crippen molar-refractivity contribution in [2.24, 2.45) is 0 Å². The van der Waals surface area contributed by atoms with Crippen molar-refractivity contribution >= 4 is 15.9 Å². The topological polar surface area (TPSA) is 28.2 Å². The maximum absolute atomic E-state index is 4.52. The van der Waals surface area contributed by atoms with Gasteiger partial charge in [0.05, 0.1) is 0 Å². The molecule has 1 aromatic rings. The third-order valence-electron chi connectivity index (χ3n) is 4.57. The van der Waals surface area contributed by atoms with E-state index in [-0.39, 0.29) is 5.54 Å². The lowest BCUT2D eigenvalue weighted by Gasteiger charge is -2.46. The Balaban J connectivity index is 2.07. The van der Waals surface area contributed by atoms with Gasteiger partial charge < -0.3 is 5.32 Å². The number of rotatable bonds is 5. The lowest BCUT2D eigenvalue weighted by Crippen LogP contribution is -2.59. The van der Waals surface area contributed by atoms with Gasteiger partial charge in [0.25, 0.3) is 0 Å². The van der Waals surface area contributed by atoms with Crippen LogP contribution in [0.2, 0.25) is 0 Å². The third-order valence-corrected chi connectivity index (χ3v) is 5.04. The summed E-state index contributed by atoms with van der Waals surface area (Å²) in [5.74, 6) is 0. The van der Waals surface area contributed by atoms with E-state index < -0.39 is 0 Å². The molecule has 1 aliphatic rings. The van der Waals surface area contributed by atoms with Gasteiger partial charge in [-0.3, -0.25) is 9.88 Å². The molecule has 0 bridgehead atoms. The molecule has 0 spiro atoms. The fourth-order valence-corrected chi connectivity index (χ4v) is 3.37. The molecule has 112 valence electrons. The van der Waals surface area contributed by atoms with Crippen LogP contribution < -0.4 is 5.32 Å². The number of hydrogen-bond donors (Lipinski definition) is 1. The molecular weight excluding hydrogens is 314 g/mol. The molecule has 0 saturated carbocycles. The summed E-state index contributed by atoms with van der Waals surface area (Å²) in [5, 5.41) is 3.51. The van der Waals surface area contributed by atoms with Crippen LogP contribution in [-0.2, 0) is 6.42 Å². The number of pyridine rings is 1. The van der Waals surface area contributed by atoms with Gasteiger partial charge in [0.2, 0.25) is 0 Å². The van der Waals surface area contributed by atoms with Gasteiger partial charge in [0, 0.05) is 34.4 Å². The molecule has 1 unspecified atom stereocenters. The minimum absolute atomic E-state index is 0.157. The summed E-state index contributed by atoms with van der Waals surface area (Å²) in [4.78, 5) is 7.15. The van der Waals surface area contributed by atoms with Crippen LogP contribution >= 0.6 is 15.9 Å². The number of nitrogens with zero attached hydrogens (tertiary/aromatic N) is 2. The van der Waals surface area contributed by atoms with Crippen LogP contribution in [0.25, 0.3) is 0 Å². The first-order valence-corrected chi connectivity index (χ1v) is 8.36. The molecule has 4 heteroatoms. The van der Waals surface area contributed by atoms with Crippen LogP contribution in [0.1, 0.15) is 38.8 Å². The molecule has 3 nitrogen and oxygen atoms in total. The first-order valence-electron chi connectivity index (χ1n) is 7.57. The molecule has 1 fully saturated rings. The van der Waals surface area contributed by atoms with Crippen LogP contribution in [0.5, 0.6) is 0 Å². The van der Waals surface area contributed by atoms with E-state index in [9.17, 15) is 0 Å². The second kappa shape index (κ2) is 7.01. The summed E-state index contributed by atoms with van der Waals surface area (Å²) in [6, 6.07) is 4.60. The average Bonchev–Trinajstić information content (AvgIpc) is 2.47. The van der Waals surface area contributed by atoms with Crippen molar-refractivity contribution in [3.05, 3.63) is 28.5 Å². The Labute approximate surface area is 131 Å². The Morgan fingerprint density at radius 1 is 1.30 bits per heavy atom. The normalized spacial score (nSPS) is 19.0. The summed E-state index contributed by atoms with van der Waals surface area (Å²) in [6.45, 7) is 7.16. The molecule has 2 rings (SSSR count). The van der Waals surface area contributed by atoms with Crippen LogP contribution in [0.4, 0.5) is 0 Å². The first kappa shape index (κ1) is 15.9. The molecule has 0 aromatic carbocycles. The highest BCUT2D eigenvalue weighted by Crippen LogP contribution is 2.25. The van der Waals surface area contributed by atoms with Crippen LogP contribution in [-0.4, -0.2) is 41.6 Å². The van der Waals surface area contributed by atoms with Gasteiger partial charge >= 0.3 is 0 Å². The summed E-state index contributed by atoms with van der Waals surface area (Å²) < 4.78 is 1.04. The summed E-state index contributed by atoms with van der Waals surface area (Å²) in [6.07, 6.45) is 6.89. The number of halogens is 1. The van der Waals surface area contributed by atoms with E-state index in [0.717, 1.165) is 16.6 Å². The second-order valence-electron chi connectivity index (χ2n) is 6.21. The van der Waals surface area contributed by atoms with Crippen molar-refractivity contribution in [1.29, 1.82) is 0 Å². The molecule has 1 saturated heterocycles. The van der Waals surface area contributed by atoms with E-state index in [0.29, 0.717) is 6.04 Å². The zero-order chi connectivity index (χ0) is 14.6. The van der Waals surface area contributed by atoms with E-state index in [4.69, 9.17) is 0 Å². The van der Waals surface area contributed by atoms with Crippen LogP contribution in [0, 0.1) is 0 Å². The molecule has 1 atom stereocenters. The molecule has 0 radical (unpaired) electrons. The number of likely N-dealkylation sites (tertiary alicyclic amines) is 1. The predicted octanol–water partition coefficient (Wildman–Crippen LogP) is 3.24. The van der Waals surface area contributed by atoms with Crippen molar-refractivity contribution in [3.8, 4) is 0 Å². The summed E-state index contributed by atoms with van der Waals surface area (Å²) in [5.41, 5.74) is 1.31. The largest absolute Gasteiger partial charge is 0.315 e. The molecule has 0 amide bonds. The average molecular weight is 340 g/mol. The van der Waals surface area contributed by atoms with Gasteiger partial charge in [-0.1, -0.05) is 6.42 Å². The first-order chi connectivity index (χ1) is 9.54. The minimum Gasteiger partial charge on any atom is -0.315 e. The molecule has 0 aliphatic carbocycles. The number of aromatic nitrogens is 1. The highest BCUT2D eigenvalue weighted by Gasteiger charge is 2.35. The molecule has 1 aliphatic heterocycles. The van der Waals surface area contributed by atoms with Gasteiger partial charge in [0.1, 0.15) is 0 Å². The van der Waals surface area contributed by atoms with Crippen molar-refractivity contribution in [1.82, 2.24) is 15.2 Å². The maximum Gasteiger partial charge on any atom is 0.0420 e. The van der Waals surface area contributed by atoms with Crippen molar-refractivity contribution < 1.29 is 0 Å². The predicted molar refractivity (Wildman–Crippen MR) is 88.0 cm³/mol. The summed E-state index contributed by atoms with van der Waals surface area (Å²) in [7, 11) is 2.06. The quantitative estimate of drug-likeness (QED) is 0.892. The number of nitrogens with one attached hydrogen (secondary N) is 1. The fraction of sp³-hybridized carbons (Fsp3) is 0.688. The van der Waals surface area contributed by atoms with Gasteiger partial charge in [0.15, 0.2) is 0 Å². The maximum atomic E-state index is 4.52. The zero-order valence-corrected chi connectivity index (χ0v) is 14.4. The number of hydrogen-bond acceptors (Lipinski definition) is 3. The van der Waals surface area contributed by atoms with Gasteiger partial charge in [-0.05, 0) is 74.9 Å². The SMILES string of the molecule is CNC(Cc1ccc(Br)cn1)C(C)(C)N1CCCCC1. The van der Waals surface area contributed by atoms with Crippen molar-refractivity contribution in [3.63, 3.8) is 0 Å². The zero-order valence-electron chi connectivity index (χ0n) is 12.8. The van der Waals surface area contributed by atoms with Crippen LogP contribution in [0.15, 0.2) is 22.8 Å². The van der Waals surface area contributed by atoms with Gasteiger partial charge in [-0.15, -0.1) is 0 Å². The smallest absolute Gasteiger partial charge is 0.0420 e. The fourth-order valence-electron chi connectivity index (χ4n) is 3.13. The number of piperidine rings is 1. The Bertz CT molecular complexity index is 410. The lowest BCUT2D eigenvalue weighted by atomic mass is 9.87. The lowest BCUT2D eigenvalue weighted by molar-refractivity contribution is 0.0632. The minimum atomic E-state index is 0.157. The molecule has 20 heavy (non-hydrogen) atoms. The van der Waals surface area contributed by atoms with E-state index in [1.807, 2.05) is 6.20 Å². The molecule has 2 heterocycles. The Morgan fingerprint density at radius 3 is 2.55 bits per heavy atom. The van der Waals surface area contributed by atoms with Gasteiger partial charge in [-0.2, -0.15) is 0 Å². The van der Waals surface area contributed by atoms with Crippen molar-refractivity contribution in [2.75, 3.05) is 20.1 Å². The summed E-state index contributed by atoms with van der Waals surface area (Å²) >= 11 is 3.44. The highest BCUT2D eigenvalue weighted by molar-refractivity contribution is 9.10. The number of likely N-dealkylation sites (N-methyl/N-ethyl adjacent to an activating group) is 1. The van der Waals surface area contributed by atoms with Gasteiger partial charge in [-0.25, -0.2) is 0 Å². The Kier molecular flexibility index (Phi) is 5.58. The van der Waals surface area contributed by atoms with Crippen molar-refractivity contribution in [2.45, 2.75) is 51.1 Å². The Morgan fingerprint density at radius 2 is 2.00 bits per heavy atom. The highest BCUT2D eigenvalue weighted by atomic mass is 79.9. The standard InChI is InChI=1S/C16H26BrN3/c1-16(2,20-9-5-4-6-10-20)15(18-3)11-14-8-7-13(17)12-19-14/h7-8,12,15,18H,4-6,9-11H2,1-3H3. The monoisotopic (exact) mass is 339 g/mol. The Hall–Kier alpha value is -0.450. The van der Waals surface area contributed by atoms with E-state index >= 15 is 0 Å².